The molecule has 0 saturated heterocycles. The maximum atomic E-state index is 10.6. The summed E-state index contributed by atoms with van der Waals surface area (Å²) >= 11 is 0. The third-order valence-electron chi connectivity index (χ3n) is 2.08. The topological polar surface area (TPSA) is 113 Å². The van der Waals surface area contributed by atoms with Crippen molar-refractivity contribution in [1.29, 1.82) is 0 Å². The second kappa shape index (κ2) is 8.30. The molecule has 0 radical (unpaired) electrons. The van der Waals surface area contributed by atoms with Crippen LogP contribution < -0.4 is 4.89 Å². The van der Waals surface area contributed by atoms with Crippen molar-refractivity contribution < 1.29 is 43.8 Å². The Balaban J connectivity index is 2.13. The molecule has 0 aliphatic heterocycles. The van der Waals surface area contributed by atoms with Gasteiger partial charge in [-0.15, -0.1) is 0 Å². The summed E-state index contributed by atoms with van der Waals surface area (Å²) in [6.45, 7) is 2.83. The molecule has 2 N–H and O–H groups in total. The summed E-state index contributed by atoms with van der Waals surface area (Å²) in [5.41, 5.74) is 0. The average molecular weight is 310 g/mol. The van der Waals surface area contributed by atoms with Crippen LogP contribution in [0.25, 0.3) is 0 Å². The molecule has 0 fully saturated rings. The van der Waals surface area contributed by atoms with Crippen LogP contribution in [0.15, 0.2) is 30.3 Å². The van der Waals surface area contributed by atoms with Crippen LogP contribution in [0.2, 0.25) is 0 Å². The number of para-hydroxylation sites is 1. The first-order valence-electron chi connectivity index (χ1n) is 5.51. The Morgan fingerprint density at radius 2 is 1.65 bits per heavy atom. The number of phosphoric acid groups is 1. The van der Waals surface area contributed by atoms with E-state index < -0.39 is 20.0 Å². The van der Waals surface area contributed by atoms with Crippen LogP contribution >= 0.6 is 7.82 Å². The molecular formula is C10H15O9P. The lowest BCUT2D eigenvalue weighted by molar-refractivity contribution is -0.697. The van der Waals surface area contributed by atoms with Gasteiger partial charge in [0.2, 0.25) is 0 Å². The van der Waals surface area contributed by atoms with Crippen molar-refractivity contribution in [2.75, 3.05) is 0 Å². The Kier molecular flexibility index (Phi) is 7.06. The molecule has 2 unspecified atom stereocenters. The molecule has 1 aromatic carbocycles. The number of hydrogen-bond donors (Lipinski definition) is 2. The molecular weight excluding hydrogens is 295 g/mol. The molecule has 0 heterocycles. The van der Waals surface area contributed by atoms with E-state index in [1.807, 2.05) is 0 Å². The van der Waals surface area contributed by atoms with Crippen LogP contribution in [0.4, 0.5) is 0 Å². The van der Waals surface area contributed by atoms with Crippen molar-refractivity contribution >= 4 is 7.82 Å². The monoisotopic (exact) mass is 310 g/mol. The number of rotatable bonds is 9. The normalized spacial score (nSPS) is 14.8. The summed E-state index contributed by atoms with van der Waals surface area (Å²) in [6.07, 6.45) is -1.77. The van der Waals surface area contributed by atoms with E-state index in [-0.39, 0.29) is 0 Å². The molecule has 0 saturated carbocycles. The third kappa shape index (κ3) is 7.53. The second-order valence-electron chi connectivity index (χ2n) is 3.70. The van der Waals surface area contributed by atoms with Gasteiger partial charge in [0.25, 0.3) is 0 Å². The minimum Gasteiger partial charge on any atom is -0.306 e. The Morgan fingerprint density at radius 1 is 1.00 bits per heavy atom. The Hall–Kier alpha value is -1.03. The van der Waals surface area contributed by atoms with E-state index in [4.69, 9.17) is 9.79 Å². The predicted octanol–water partition coefficient (Wildman–Crippen LogP) is 1.68. The molecule has 2 atom stereocenters. The molecule has 10 heteroatoms. The number of benzene rings is 1. The first kappa shape index (κ1) is 17.0. The molecule has 0 spiro atoms. The molecule has 0 amide bonds. The lowest BCUT2D eigenvalue weighted by Crippen LogP contribution is -2.25. The number of phosphoric ester groups is 1. The van der Waals surface area contributed by atoms with Crippen LogP contribution in [0.1, 0.15) is 13.8 Å². The van der Waals surface area contributed by atoms with E-state index in [0.29, 0.717) is 5.75 Å². The van der Waals surface area contributed by atoms with Crippen LogP contribution in [-0.4, -0.2) is 22.0 Å². The van der Waals surface area contributed by atoms with Crippen LogP contribution in [-0.2, 0) is 29.1 Å². The fourth-order valence-electron chi connectivity index (χ4n) is 0.999. The Morgan fingerprint density at radius 3 is 2.25 bits per heavy atom. The van der Waals surface area contributed by atoms with Crippen molar-refractivity contribution in [3.63, 3.8) is 0 Å². The lowest BCUT2D eigenvalue weighted by Gasteiger charge is -2.18. The molecule has 1 rings (SSSR count). The van der Waals surface area contributed by atoms with Gasteiger partial charge in [-0.2, -0.15) is 4.89 Å². The average Bonchev–Trinajstić information content (AvgIpc) is 2.37. The largest absolute Gasteiger partial charge is 0.469 e. The molecule has 9 nitrogen and oxygen atoms in total. The van der Waals surface area contributed by atoms with Gasteiger partial charge in [0.1, 0.15) is 6.10 Å². The maximum absolute atomic E-state index is 10.6. The van der Waals surface area contributed by atoms with Crippen LogP contribution in [0.5, 0.6) is 5.75 Å². The standard InChI is InChI=1S/C10H15O9P/c1-8(9(2)16-20(11,12)13)14-17-19-18-15-10-6-4-3-5-7-10/h3-9H,1-2H3,(H2,11,12,13). The predicted molar refractivity (Wildman–Crippen MR) is 63.5 cm³/mol. The smallest absolute Gasteiger partial charge is 0.306 e. The van der Waals surface area contributed by atoms with E-state index in [1.165, 1.54) is 13.8 Å². The molecule has 114 valence electrons. The van der Waals surface area contributed by atoms with E-state index >= 15 is 0 Å². The van der Waals surface area contributed by atoms with Gasteiger partial charge >= 0.3 is 7.82 Å². The molecule has 20 heavy (non-hydrogen) atoms. The van der Waals surface area contributed by atoms with E-state index in [0.717, 1.165) is 0 Å². The highest BCUT2D eigenvalue weighted by atomic mass is 31.2. The number of hydrogen-bond acceptors (Lipinski definition) is 7. The Bertz CT molecular complexity index is 420. The highest BCUT2D eigenvalue weighted by molar-refractivity contribution is 7.46. The van der Waals surface area contributed by atoms with Gasteiger partial charge in [-0.3, -0.25) is 4.52 Å². The van der Waals surface area contributed by atoms with Gasteiger partial charge < -0.3 is 14.7 Å². The lowest BCUT2D eigenvalue weighted by atomic mass is 10.3. The molecule has 0 aliphatic carbocycles. The fourth-order valence-corrected chi connectivity index (χ4v) is 1.60. The Labute approximate surface area is 114 Å². The maximum Gasteiger partial charge on any atom is 0.469 e. The SMILES string of the molecule is CC(OOOOOc1ccccc1)C(C)OP(=O)(O)O. The molecule has 0 aromatic heterocycles. The molecule has 0 bridgehead atoms. The van der Waals surface area contributed by atoms with Crippen LogP contribution in [0.3, 0.4) is 0 Å². The highest BCUT2D eigenvalue weighted by Crippen LogP contribution is 2.38. The minimum absolute atomic E-state index is 0.377. The zero-order valence-corrected chi connectivity index (χ0v) is 11.6. The molecule has 1 aromatic rings. The van der Waals surface area contributed by atoms with Crippen molar-refractivity contribution in [2.45, 2.75) is 26.1 Å². The van der Waals surface area contributed by atoms with Crippen molar-refractivity contribution in [3.8, 4) is 5.75 Å². The van der Waals surface area contributed by atoms with Gasteiger partial charge in [-0.05, 0) is 31.0 Å². The summed E-state index contributed by atoms with van der Waals surface area (Å²) in [6, 6.07) is 8.46. The first-order chi connectivity index (χ1) is 9.38. The van der Waals surface area contributed by atoms with Gasteiger partial charge in [0.15, 0.2) is 5.75 Å². The zero-order valence-electron chi connectivity index (χ0n) is 10.7. The fraction of sp³-hybridized carbons (Fsp3) is 0.400. The van der Waals surface area contributed by atoms with Gasteiger partial charge in [-0.25, -0.2) is 4.57 Å². The van der Waals surface area contributed by atoms with Crippen LogP contribution in [0, 0.1) is 0 Å². The van der Waals surface area contributed by atoms with Crippen molar-refractivity contribution in [3.05, 3.63) is 30.3 Å². The van der Waals surface area contributed by atoms with Gasteiger partial charge in [0, 0.05) is 10.1 Å². The summed E-state index contributed by atoms with van der Waals surface area (Å²) in [4.78, 5) is 26.4. The highest BCUT2D eigenvalue weighted by Gasteiger charge is 2.24. The summed E-state index contributed by atoms with van der Waals surface area (Å²) in [7, 11) is -4.59. The third-order valence-corrected chi connectivity index (χ3v) is 2.69. The zero-order chi connectivity index (χ0) is 15.0. The van der Waals surface area contributed by atoms with Crippen molar-refractivity contribution in [2.24, 2.45) is 0 Å². The summed E-state index contributed by atoms with van der Waals surface area (Å²) in [5, 5.41) is 12.5. The van der Waals surface area contributed by atoms with Gasteiger partial charge in [-0.1, -0.05) is 18.2 Å². The van der Waals surface area contributed by atoms with Gasteiger partial charge in [0.05, 0.1) is 6.10 Å². The van der Waals surface area contributed by atoms with E-state index in [9.17, 15) is 4.57 Å². The second-order valence-corrected chi connectivity index (χ2v) is 4.89. The van der Waals surface area contributed by atoms with E-state index in [2.05, 4.69) is 29.4 Å². The summed E-state index contributed by atoms with van der Waals surface area (Å²) < 4.78 is 14.9. The van der Waals surface area contributed by atoms with Crippen molar-refractivity contribution in [1.82, 2.24) is 0 Å². The first-order valence-corrected chi connectivity index (χ1v) is 7.04. The van der Waals surface area contributed by atoms with E-state index in [1.54, 1.807) is 30.3 Å². The summed E-state index contributed by atoms with van der Waals surface area (Å²) in [5.74, 6) is 0.377. The quantitative estimate of drug-likeness (QED) is 0.304. The molecule has 0 aliphatic rings. The minimum atomic E-state index is -4.59.